The van der Waals surface area contributed by atoms with E-state index in [9.17, 15) is 5.11 Å². The van der Waals surface area contributed by atoms with Crippen LogP contribution in [0.15, 0.2) is 28.9 Å². The van der Waals surface area contributed by atoms with Crippen LogP contribution < -0.4 is 4.74 Å². The Labute approximate surface area is 169 Å². The van der Waals surface area contributed by atoms with Crippen LogP contribution in [-0.4, -0.2) is 11.7 Å². The summed E-state index contributed by atoms with van der Waals surface area (Å²) >= 11 is 0. The maximum atomic E-state index is 11.9. The Balaban J connectivity index is 1.95. The maximum Gasteiger partial charge on any atom is 0.126 e. The van der Waals surface area contributed by atoms with E-state index in [1.807, 2.05) is 6.07 Å². The molecule has 2 aliphatic rings. The van der Waals surface area contributed by atoms with E-state index in [0.29, 0.717) is 13.0 Å². The van der Waals surface area contributed by atoms with E-state index in [1.165, 1.54) is 11.1 Å². The molecule has 28 heavy (non-hydrogen) atoms. The van der Waals surface area contributed by atoms with Crippen molar-refractivity contribution in [3.63, 3.8) is 0 Å². The van der Waals surface area contributed by atoms with E-state index in [1.54, 1.807) is 6.26 Å². The van der Waals surface area contributed by atoms with Crippen molar-refractivity contribution < 1.29 is 14.3 Å². The van der Waals surface area contributed by atoms with Crippen LogP contribution >= 0.6 is 0 Å². The molecule has 0 aliphatic heterocycles. The van der Waals surface area contributed by atoms with Crippen LogP contribution in [0.2, 0.25) is 0 Å². The fourth-order valence-corrected chi connectivity index (χ4v) is 5.07. The van der Waals surface area contributed by atoms with Gasteiger partial charge in [-0.05, 0) is 72.3 Å². The Morgan fingerprint density at radius 1 is 0.964 bits per heavy atom. The van der Waals surface area contributed by atoms with Gasteiger partial charge in [-0.15, -0.1) is 0 Å². The van der Waals surface area contributed by atoms with Crippen LogP contribution in [-0.2, 0) is 22.9 Å². The molecule has 0 spiro atoms. The number of benzene rings is 1. The van der Waals surface area contributed by atoms with Gasteiger partial charge in [-0.25, -0.2) is 0 Å². The molecule has 0 saturated heterocycles. The van der Waals surface area contributed by atoms with Crippen molar-refractivity contribution in [2.45, 2.75) is 89.6 Å². The second kappa shape index (κ2) is 6.66. The predicted octanol–water partition coefficient (Wildman–Crippen LogP) is 5.99. The molecule has 1 aromatic carbocycles. The fraction of sp³-hybridized carbons (Fsp3) is 0.600. The van der Waals surface area contributed by atoms with Gasteiger partial charge in [-0.1, -0.05) is 34.6 Å². The summed E-state index contributed by atoms with van der Waals surface area (Å²) in [7, 11) is 0. The van der Waals surface area contributed by atoms with Crippen LogP contribution in [0.4, 0.5) is 0 Å². The second-order valence-corrected chi connectivity index (χ2v) is 9.98. The molecular formula is C25H34O3. The largest absolute Gasteiger partial charge is 0.493 e. The Bertz CT molecular complexity index is 874. The minimum Gasteiger partial charge on any atom is -0.493 e. The molecule has 1 atom stereocenters. The second-order valence-electron chi connectivity index (χ2n) is 9.98. The van der Waals surface area contributed by atoms with Gasteiger partial charge in [0.25, 0.3) is 0 Å². The van der Waals surface area contributed by atoms with Crippen molar-refractivity contribution in [2.24, 2.45) is 0 Å². The number of rotatable bonds is 4. The lowest BCUT2D eigenvalue weighted by Gasteiger charge is -2.43. The summed E-state index contributed by atoms with van der Waals surface area (Å²) in [6, 6.07) is 6.42. The third-order valence-corrected chi connectivity index (χ3v) is 6.99. The van der Waals surface area contributed by atoms with E-state index in [0.717, 1.165) is 54.7 Å². The Morgan fingerprint density at radius 3 is 2.32 bits per heavy atom. The number of fused-ring (bicyclic) bond motifs is 2. The zero-order valence-corrected chi connectivity index (χ0v) is 18.0. The first-order valence-corrected chi connectivity index (χ1v) is 10.8. The third-order valence-electron chi connectivity index (χ3n) is 6.99. The minimum atomic E-state index is -1.05. The van der Waals surface area contributed by atoms with E-state index >= 15 is 0 Å². The number of ether oxygens (including phenoxy) is 1. The monoisotopic (exact) mass is 382 g/mol. The molecule has 3 nitrogen and oxygen atoms in total. The van der Waals surface area contributed by atoms with Gasteiger partial charge in [-0.2, -0.15) is 0 Å². The van der Waals surface area contributed by atoms with E-state index in [4.69, 9.17) is 9.15 Å². The van der Waals surface area contributed by atoms with E-state index in [-0.39, 0.29) is 10.8 Å². The summed E-state index contributed by atoms with van der Waals surface area (Å²) in [5.74, 6) is 1.75. The SMILES string of the molecule is CCCOc1cc2c(cc1C1(O)CCCc3occc31)C(C)(C)CCC2(C)C. The van der Waals surface area contributed by atoms with Crippen molar-refractivity contribution >= 4 is 0 Å². The van der Waals surface area contributed by atoms with Gasteiger partial charge in [0, 0.05) is 17.5 Å². The van der Waals surface area contributed by atoms with Gasteiger partial charge in [0.1, 0.15) is 17.1 Å². The zero-order valence-electron chi connectivity index (χ0n) is 18.0. The number of hydrogen-bond donors (Lipinski definition) is 1. The highest BCUT2D eigenvalue weighted by Gasteiger charge is 2.44. The van der Waals surface area contributed by atoms with Crippen LogP contribution in [0.3, 0.4) is 0 Å². The van der Waals surface area contributed by atoms with Crippen LogP contribution in [0, 0.1) is 0 Å². The molecule has 0 radical (unpaired) electrons. The topological polar surface area (TPSA) is 42.6 Å². The maximum absolute atomic E-state index is 11.9. The molecule has 3 heteroatoms. The van der Waals surface area contributed by atoms with Crippen molar-refractivity contribution in [3.8, 4) is 5.75 Å². The quantitative estimate of drug-likeness (QED) is 0.706. The van der Waals surface area contributed by atoms with Gasteiger partial charge in [0.05, 0.1) is 12.9 Å². The lowest BCUT2D eigenvalue weighted by Crippen LogP contribution is -2.36. The zero-order chi connectivity index (χ0) is 20.2. The third kappa shape index (κ3) is 2.99. The number of aryl methyl sites for hydroxylation is 1. The van der Waals surface area contributed by atoms with E-state index < -0.39 is 5.60 Å². The molecule has 2 aromatic rings. The molecule has 0 saturated carbocycles. The summed E-state index contributed by atoms with van der Waals surface area (Å²) < 4.78 is 11.9. The first kappa shape index (κ1) is 19.6. The van der Waals surface area contributed by atoms with Crippen LogP contribution in [0.25, 0.3) is 0 Å². The van der Waals surface area contributed by atoms with Crippen LogP contribution in [0.1, 0.15) is 94.7 Å². The van der Waals surface area contributed by atoms with Crippen molar-refractivity contribution in [1.29, 1.82) is 0 Å². The van der Waals surface area contributed by atoms with Gasteiger partial charge in [0.2, 0.25) is 0 Å². The highest BCUT2D eigenvalue weighted by Crippen LogP contribution is 2.51. The van der Waals surface area contributed by atoms with Crippen molar-refractivity contribution in [1.82, 2.24) is 0 Å². The number of aliphatic hydroxyl groups is 1. The average Bonchev–Trinajstić information content (AvgIpc) is 3.14. The molecule has 1 N–H and O–H groups in total. The molecule has 0 amide bonds. The standard InChI is InChI=1S/C25H34O3/c1-6-13-27-22-16-19-18(23(2,3)11-12-24(19,4)5)15-20(22)25(26)10-7-8-21-17(25)9-14-28-21/h9,14-16,26H,6-8,10-13H2,1-5H3. The molecular weight excluding hydrogens is 348 g/mol. The Kier molecular flexibility index (Phi) is 4.65. The van der Waals surface area contributed by atoms with Crippen molar-refractivity contribution in [3.05, 3.63) is 52.5 Å². The molecule has 0 bridgehead atoms. The minimum absolute atomic E-state index is 0.0904. The lowest BCUT2D eigenvalue weighted by atomic mass is 9.62. The first-order chi connectivity index (χ1) is 13.2. The summed E-state index contributed by atoms with van der Waals surface area (Å²) in [5.41, 5.74) is 3.70. The Morgan fingerprint density at radius 2 is 1.64 bits per heavy atom. The number of hydrogen-bond acceptors (Lipinski definition) is 3. The van der Waals surface area contributed by atoms with Crippen LogP contribution in [0.5, 0.6) is 5.75 Å². The first-order valence-electron chi connectivity index (χ1n) is 10.8. The summed E-state index contributed by atoms with van der Waals surface area (Å²) in [6.07, 6.45) is 7.46. The molecule has 0 fully saturated rings. The fourth-order valence-electron chi connectivity index (χ4n) is 5.07. The molecule has 2 aliphatic carbocycles. The summed E-state index contributed by atoms with van der Waals surface area (Å²) in [5, 5.41) is 11.9. The van der Waals surface area contributed by atoms with Gasteiger partial charge < -0.3 is 14.3 Å². The highest BCUT2D eigenvalue weighted by atomic mass is 16.5. The molecule has 152 valence electrons. The highest BCUT2D eigenvalue weighted by molar-refractivity contribution is 5.55. The summed E-state index contributed by atoms with van der Waals surface area (Å²) in [4.78, 5) is 0. The summed E-state index contributed by atoms with van der Waals surface area (Å²) in [6.45, 7) is 12.1. The predicted molar refractivity (Wildman–Crippen MR) is 112 cm³/mol. The lowest BCUT2D eigenvalue weighted by molar-refractivity contribution is 0.0553. The normalized spacial score (nSPS) is 25.1. The molecule has 4 rings (SSSR count). The van der Waals surface area contributed by atoms with Gasteiger partial charge in [0.15, 0.2) is 0 Å². The van der Waals surface area contributed by atoms with Gasteiger partial charge >= 0.3 is 0 Å². The number of furan rings is 1. The average molecular weight is 383 g/mol. The smallest absolute Gasteiger partial charge is 0.126 e. The van der Waals surface area contributed by atoms with E-state index in [2.05, 4.69) is 46.8 Å². The molecule has 1 unspecified atom stereocenters. The molecule has 1 heterocycles. The molecule has 1 aromatic heterocycles. The Hall–Kier alpha value is -1.74. The van der Waals surface area contributed by atoms with Gasteiger partial charge in [-0.3, -0.25) is 0 Å². The van der Waals surface area contributed by atoms with Crippen molar-refractivity contribution in [2.75, 3.05) is 6.61 Å².